The number of ether oxygens (including phenoxy) is 1. The molecule has 2 heterocycles. The van der Waals surface area contributed by atoms with Gasteiger partial charge < -0.3 is 10.1 Å². The van der Waals surface area contributed by atoms with Crippen LogP contribution in [0.3, 0.4) is 0 Å². The second-order valence-electron chi connectivity index (χ2n) is 5.25. The molecular weight excluding hydrogens is 250 g/mol. The van der Waals surface area contributed by atoms with Crippen LogP contribution in [-0.4, -0.2) is 28.7 Å². The molecule has 18 heavy (non-hydrogen) atoms. The zero-order valence-corrected chi connectivity index (χ0v) is 11.5. The third-order valence-electron chi connectivity index (χ3n) is 3.74. The van der Waals surface area contributed by atoms with Crippen molar-refractivity contribution in [3.63, 3.8) is 0 Å². The third-order valence-corrected chi connectivity index (χ3v) is 4.11. The molecular formula is C13H18ClN3O. The van der Waals surface area contributed by atoms with Gasteiger partial charge in [-0.05, 0) is 39.0 Å². The number of hydrogen-bond acceptors (Lipinski definition) is 4. The minimum absolute atomic E-state index is 0.346. The maximum atomic E-state index is 6.09. The van der Waals surface area contributed by atoms with Gasteiger partial charge in [-0.15, -0.1) is 0 Å². The van der Waals surface area contributed by atoms with Crippen LogP contribution in [-0.2, 0) is 4.74 Å². The summed E-state index contributed by atoms with van der Waals surface area (Å²) in [5.74, 6) is 2.30. The molecule has 1 N–H and O–H groups in total. The summed E-state index contributed by atoms with van der Waals surface area (Å²) >= 11 is 6.09. The Balaban J connectivity index is 1.79. The maximum Gasteiger partial charge on any atom is 0.137 e. The first-order valence-corrected chi connectivity index (χ1v) is 6.92. The molecule has 0 spiro atoms. The van der Waals surface area contributed by atoms with E-state index in [9.17, 15) is 0 Å². The first-order valence-electron chi connectivity index (χ1n) is 6.54. The van der Waals surface area contributed by atoms with E-state index in [2.05, 4.69) is 15.3 Å². The van der Waals surface area contributed by atoms with E-state index in [1.165, 1.54) is 12.8 Å². The van der Waals surface area contributed by atoms with Gasteiger partial charge in [-0.1, -0.05) is 11.6 Å². The summed E-state index contributed by atoms with van der Waals surface area (Å²) in [4.78, 5) is 8.61. The van der Waals surface area contributed by atoms with Gasteiger partial charge in [-0.3, -0.25) is 0 Å². The molecule has 1 aromatic rings. The Hall–Kier alpha value is -0.870. The third kappa shape index (κ3) is 2.31. The van der Waals surface area contributed by atoms with Crippen molar-refractivity contribution in [3.8, 4) is 0 Å². The highest BCUT2D eigenvalue weighted by atomic mass is 35.5. The van der Waals surface area contributed by atoms with Gasteiger partial charge in [0.1, 0.15) is 16.8 Å². The van der Waals surface area contributed by atoms with Gasteiger partial charge in [0.15, 0.2) is 0 Å². The second-order valence-corrected chi connectivity index (χ2v) is 5.61. The van der Waals surface area contributed by atoms with Crippen molar-refractivity contribution in [2.24, 2.45) is 5.92 Å². The minimum Gasteiger partial charge on any atom is -0.376 e. The lowest BCUT2D eigenvalue weighted by Gasteiger charge is -2.21. The summed E-state index contributed by atoms with van der Waals surface area (Å²) in [6, 6.07) is 0.363. The number of nitrogens with one attached hydrogen (secondary N) is 1. The van der Waals surface area contributed by atoms with Crippen LogP contribution in [0.25, 0.3) is 0 Å². The van der Waals surface area contributed by atoms with E-state index in [0.717, 1.165) is 30.3 Å². The van der Waals surface area contributed by atoms with E-state index in [4.69, 9.17) is 16.3 Å². The predicted octanol–water partition coefficient (Wildman–Crippen LogP) is 2.73. The van der Waals surface area contributed by atoms with Crippen molar-refractivity contribution in [3.05, 3.63) is 16.5 Å². The quantitative estimate of drug-likeness (QED) is 0.856. The number of rotatable bonds is 3. The van der Waals surface area contributed by atoms with Crippen LogP contribution >= 0.6 is 11.6 Å². The van der Waals surface area contributed by atoms with Crippen LogP contribution in [0.2, 0.25) is 5.15 Å². The van der Waals surface area contributed by atoms with Crippen LogP contribution < -0.4 is 5.32 Å². The molecule has 1 aliphatic heterocycles. The molecule has 0 amide bonds. The number of halogens is 1. The zero-order valence-electron chi connectivity index (χ0n) is 10.7. The first kappa shape index (κ1) is 12.2. The molecule has 2 aliphatic rings. The Bertz CT molecular complexity index is 462. The maximum absolute atomic E-state index is 6.09. The second kappa shape index (κ2) is 4.67. The highest BCUT2D eigenvalue weighted by Gasteiger charge is 2.40. The summed E-state index contributed by atoms with van der Waals surface area (Å²) < 4.78 is 5.82. The molecule has 1 aromatic heterocycles. The number of hydrogen-bond donors (Lipinski definition) is 1. The van der Waals surface area contributed by atoms with Crippen LogP contribution in [0.4, 0.5) is 5.82 Å². The van der Waals surface area contributed by atoms with E-state index in [1.54, 1.807) is 0 Å². The normalized spacial score (nSPS) is 27.5. The van der Waals surface area contributed by atoms with Gasteiger partial charge in [-0.2, -0.15) is 0 Å². The van der Waals surface area contributed by atoms with Crippen molar-refractivity contribution in [2.75, 3.05) is 11.9 Å². The summed E-state index contributed by atoms with van der Waals surface area (Å²) in [7, 11) is 0. The fourth-order valence-electron chi connectivity index (χ4n) is 2.57. The Labute approximate surface area is 112 Å². The van der Waals surface area contributed by atoms with Gasteiger partial charge in [0.05, 0.1) is 12.1 Å². The molecule has 2 atom stereocenters. The van der Waals surface area contributed by atoms with Crippen LogP contribution in [0, 0.1) is 19.8 Å². The van der Waals surface area contributed by atoms with Gasteiger partial charge >= 0.3 is 0 Å². The fraction of sp³-hybridized carbons (Fsp3) is 0.692. The largest absolute Gasteiger partial charge is 0.376 e. The molecule has 98 valence electrons. The average molecular weight is 268 g/mol. The lowest BCUT2D eigenvalue weighted by atomic mass is 10.1. The van der Waals surface area contributed by atoms with E-state index < -0.39 is 0 Å². The Morgan fingerprint density at radius 3 is 2.72 bits per heavy atom. The summed E-state index contributed by atoms with van der Waals surface area (Å²) in [6.07, 6.45) is 3.98. The number of anilines is 1. The first-order chi connectivity index (χ1) is 8.65. The molecule has 0 radical (unpaired) electrons. The van der Waals surface area contributed by atoms with E-state index in [1.807, 2.05) is 13.8 Å². The number of aromatic nitrogens is 2. The van der Waals surface area contributed by atoms with Crippen molar-refractivity contribution in [2.45, 2.75) is 45.3 Å². The molecule has 1 saturated heterocycles. The molecule has 2 unspecified atom stereocenters. The lowest BCUT2D eigenvalue weighted by molar-refractivity contribution is 0.0898. The molecule has 0 bridgehead atoms. The summed E-state index contributed by atoms with van der Waals surface area (Å²) in [5, 5.41) is 4.04. The topological polar surface area (TPSA) is 47.0 Å². The van der Waals surface area contributed by atoms with Crippen molar-refractivity contribution in [1.82, 2.24) is 9.97 Å². The Morgan fingerprint density at radius 1 is 1.22 bits per heavy atom. The van der Waals surface area contributed by atoms with Crippen molar-refractivity contribution >= 4 is 17.4 Å². The van der Waals surface area contributed by atoms with E-state index in [0.29, 0.717) is 23.1 Å². The van der Waals surface area contributed by atoms with Crippen LogP contribution in [0.5, 0.6) is 0 Å². The Kier molecular flexibility index (Phi) is 3.16. The average Bonchev–Trinajstić information content (AvgIpc) is 3.07. The van der Waals surface area contributed by atoms with Gasteiger partial charge in [0, 0.05) is 12.2 Å². The number of aryl methyl sites for hydroxylation is 1. The van der Waals surface area contributed by atoms with Crippen molar-refractivity contribution in [1.29, 1.82) is 0 Å². The van der Waals surface area contributed by atoms with Crippen LogP contribution in [0.15, 0.2) is 0 Å². The minimum atomic E-state index is 0.346. The smallest absolute Gasteiger partial charge is 0.137 e. The highest BCUT2D eigenvalue weighted by Crippen LogP contribution is 2.39. The monoisotopic (exact) mass is 267 g/mol. The summed E-state index contributed by atoms with van der Waals surface area (Å²) in [6.45, 7) is 4.65. The molecule has 4 nitrogen and oxygen atoms in total. The molecule has 5 heteroatoms. The zero-order chi connectivity index (χ0) is 12.7. The number of nitrogens with zero attached hydrogens (tertiary/aromatic N) is 2. The highest BCUT2D eigenvalue weighted by molar-refractivity contribution is 6.30. The summed E-state index contributed by atoms with van der Waals surface area (Å²) in [5.41, 5.74) is 0.920. The van der Waals surface area contributed by atoms with E-state index >= 15 is 0 Å². The van der Waals surface area contributed by atoms with Gasteiger partial charge in [-0.25, -0.2) is 9.97 Å². The van der Waals surface area contributed by atoms with Gasteiger partial charge in [0.2, 0.25) is 0 Å². The van der Waals surface area contributed by atoms with E-state index in [-0.39, 0.29) is 0 Å². The molecule has 2 fully saturated rings. The lowest BCUT2D eigenvalue weighted by Crippen LogP contribution is -2.31. The Morgan fingerprint density at radius 2 is 2.00 bits per heavy atom. The molecule has 1 aliphatic carbocycles. The fourth-order valence-corrected chi connectivity index (χ4v) is 2.78. The standard InChI is InChI=1S/C13H18ClN3O/c1-7-12(14)15-8(2)16-13(7)17-10-5-6-18-11(10)9-3-4-9/h9-11H,3-6H2,1-2H3,(H,15,16,17). The van der Waals surface area contributed by atoms with Crippen molar-refractivity contribution < 1.29 is 4.74 Å². The predicted molar refractivity (Wildman–Crippen MR) is 71.0 cm³/mol. The van der Waals surface area contributed by atoms with Crippen LogP contribution in [0.1, 0.15) is 30.7 Å². The molecule has 1 saturated carbocycles. The molecule has 3 rings (SSSR count). The van der Waals surface area contributed by atoms with Gasteiger partial charge in [0.25, 0.3) is 0 Å². The molecule has 0 aromatic carbocycles. The SMILES string of the molecule is Cc1nc(Cl)c(C)c(NC2CCOC2C2CC2)n1.